The average molecular weight is 597 g/mol. The first-order chi connectivity index (χ1) is 21.4. The first-order valence-electron chi connectivity index (χ1n) is 13.9. The van der Waals surface area contributed by atoms with E-state index in [1.54, 1.807) is 43.3 Å². The van der Waals surface area contributed by atoms with Crippen LogP contribution in [-0.4, -0.2) is 38.9 Å². The highest BCUT2D eigenvalue weighted by molar-refractivity contribution is 6.19. The van der Waals surface area contributed by atoms with Gasteiger partial charge in [0.15, 0.2) is 12.1 Å². The topological polar surface area (TPSA) is 97.4 Å². The Morgan fingerprint density at radius 1 is 0.682 bits per heavy atom. The number of carbonyl (C=O) groups excluding carboxylic acids is 3. The third-order valence-electron chi connectivity index (χ3n) is 6.21. The summed E-state index contributed by atoms with van der Waals surface area (Å²) in [5.74, 6) is 1.32. The number of esters is 1. The molecule has 0 atom stereocenters. The van der Waals surface area contributed by atoms with Crippen LogP contribution < -0.4 is 18.9 Å². The molecule has 8 nitrogen and oxygen atoms in total. The van der Waals surface area contributed by atoms with Gasteiger partial charge in [0.2, 0.25) is 0 Å². The first kappa shape index (κ1) is 33.1. The Bertz CT molecular complexity index is 1550. The molecular formula is C36H36O8. The van der Waals surface area contributed by atoms with E-state index in [0.717, 1.165) is 17.4 Å². The molecule has 0 radical (unpaired) electrons. The van der Waals surface area contributed by atoms with E-state index in [0.29, 0.717) is 47.3 Å². The SMILES string of the molecule is CCOC(=O)C(=Cc1ccc(OCc2ccccc2)cc1OC)C(C)=O.COc1cc(OCc2ccccc2)ccc1C=O. The van der Waals surface area contributed by atoms with E-state index in [4.69, 9.17) is 23.7 Å². The van der Waals surface area contributed by atoms with Gasteiger partial charge in [-0.3, -0.25) is 9.59 Å². The zero-order valence-corrected chi connectivity index (χ0v) is 25.3. The number of hydrogen-bond donors (Lipinski definition) is 0. The third-order valence-corrected chi connectivity index (χ3v) is 6.21. The minimum atomic E-state index is -0.647. The molecule has 44 heavy (non-hydrogen) atoms. The molecule has 4 rings (SSSR count). The number of benzene rings is 4. The Kier molecular flexibility index (Phi) is 13.2. The molecule has 0 aliphatic heterocycles. The molecule has 0 amide bonds. The lowest BCUT2D eigenvalue weighted by atomic mass is 10.1. The van der Waals surface area contributed by atoms with Crippen LogP contribution in [-0.2, 0) is 27.5 Å². The van der Waals surface area contributed by atoms with Gasteiger partial charge >= 0.3 is 5.97 Å². The summed E-state index contributed by atoms with van der Waals surface area (Å²) >= 11 is 0. The lowest BCUT2D eigenvalue weighted by Crippen LogP contribution is -2.13. The van der Waals surface area contributed by atoms with Crippen LogP contribution in [0, 0.1) is 0 Å². The van der Waals surface area contributed by atoms with Gasteiger partial charge in [-0.2, -0.15) is 0 Å². The van der Waals surface area contributed by atoms with Gasteiger partial charge in [0.05, 0.1) is 26.4 Å². The van der Waals surface area contributed by atoms with Crippen LogP contribution in [0.3, 0.4) is 0 Å². The Balaban J connectivity index is 0.000000257. The van der Waals surface area contributed by atoms with Gasteiger partial charge in [-0.1, -0.05) is 60.7 Å². The number of hydrogen-bond acceptors (Lipinski definition) is 8. The van der Waals surface area contributed by atoms with Gasteiger partial charge in [-0.05, 0) is 55.3 Å². The van der Waals surface area contributed by atoms with Gasteiger partial charge in [0, 0.05) is 17.7 Å². The predicted octanol–water partition coefficient (Wildman–Crippen LogP) is 6.90. The van der Waals surface area contributed by atoms with Crippen LogP contribution in [0.5, 0.6) is 23.0 Å². The highest BCUT2D eigenvalue weighted by Crippen LogP contribution is 2.28. The van der Waals surface area contributed by atoms with Crippen molar-refractivity contribution in [2.45, 2.75) is 27.1 Å². The quantitative estimate of drug-likeness (QED) is 0.0541. The van der Waals surface area contributed by atoms with Crippen molar-refractivity contribution in [2.24, 2.45) is 0 Å². The minimum Gasteiger partial charge on any atom is -0.496 e. The summed E-state index contributed by atoms with van der Waals surface area (Å²) in [6, 6.07) is 30.1. The molecule has 0 aliphatic carbocycles. The second kappa shape index (κ2) is 17.6. The van der Waals surface area contributed by atoms with Gasteiger partial charge in [-0.15, -0.1) is 0 Å². The van der Waals surface area contributed by atoms with E-state index < -0.39 is 5.97 Å². The molecule has 0 bridgehead atoms. The number of ketones is 1. The zero-order chi connectivity index (χ0) is 31.7. The summed E-state index contributed by atoms with van der Waals surface area (Å²) in [5, 5.41) is 0. The van der Waals surface area contributed by atoms with Crippen molar-refractivity contribution in [1.82, 2.24) is 0 Å². The summed E-state index contributed by atoms with van der Waals surface area (Å²) in [6.07, 6.45) is 2.24. The first-order valence-corrected chi connectivity index (χ1v) is 13.9. The second-order valence-electron chi connectivity index (χ2n) is 9.31. The van der Waals surface area contributed by atoms with Crippen molar-refractivity contribution in [1.29, 1.82) is 0 Å². The van der Waals surface area contributed by atoms with Crippen LogP contribution in [0.4, 0.5) is 0 Å². The molecule has 0 N–H and O–H groups in total. The Labute approximate surface area is 257 Å². The molecular weight excluding hydrogens is 560 g/mol. The van der Waals surface area contributed by atoms with Crippen LogP contribution in [0.2, 0.25) is 0 Å². The highest BCUT2D eigenvalue weighted by Gasteiger charge is 2.17. The van der Waals surface area contributed by atoms with E-state index in [1.807, 2.05) is 60.7 Å². The number of methoxy groups -OCH3 is 2. The largest absolute Gasteiger partial charge is 0.496 e. The van der Waals surface area contributed by atoms with Crippen molar-refractivity contribution in [3.63, 3.8) is 0 Å². The van der Waals surface area contributed by atoms with Gasteiger partial charge in [0.25, 0.3) is 0 Å². The number of ether oxygens (including phenoxy) is 5. The van der Waals surface area contributed by atoms with Crippen molar-refractivity contribution in [2.75, 3.05) is 20.8 Å². The van der Waals surface area contributed by atoms with Crippen LogP contribution in [0.25, 0.3) is 6.08 Å². The molecule has 4 aromatic rings. The van der Waals surface area contributed by atoms with E-state index in [9.17, 15) is 14.4 Å². The standard InChI is InChI=1S/C21H22O5.C15H14O3/c1-4-25-21(23)19(15(2)22)12-17-10-11-18(13-20(17)24-3)26-14-16-8-6-5-7-9-16;1-17-15-9-14(8-7-13(15)10-16)18-11-12-5-3-2-4-6-12/h5-13H,4,14H2,1-3H3;2-10H,11H2,1H3. The molecule has 0 fully saturated rings. The summed E-state index contributed by atoms with van der Waals surface area (Å²) in [7, 11) is 3.05. The maximum atomic E-state index is 11.9. The van der Waals surface area contributed by atoms with Crippen molar-refractivity contribution >= 4 is 24.1 Å². The number of Topliss-reactive ketones (excluding diaryl/α,β-unsaturated/α-hetero) is 1. The van der Waals surface area contributed by atoms with Gasteiger partial charge in [0.1, 0.15) is 41.8 Å². The summed E-state index contributed by atoms with van der Waals surface area (Å²) in [6.45, 7) is 4.14. The summed E-state index contributed by atoms with van der Waals surface area (Å²) in [4.78, 5) is 34.5. The highest BCUT2D eigenvalue weighted by atomic mass is 16.5. The molecule has 228 valence electrons. The van der Waals surface area contributed by atoms with Crippen LogP contribution in [0.15, 0.2) is 103 Å². The van der Waals surface area contributed by atoms with Crippen molar-refractivity contribution in [3.05, 3.63) is 125 Å². The molecule has 4 aromatic carbocycles. The third kappa shape index (κ3) is 10.2. The summed E-state index contributed by atoms with van der Waals surface area (Å²) < 4.78 is 26.8. The summed E-state index contributed by atoms with van der Waals surface area (Å²) in [5.41, 5.74) is 3.23. The van der Waals surface area contributed by atoms with E-state index in [2.05, 4.69) is 0 Å². The molecule has 0 spiro atoms. The molecule has 0 aromatic heterocycles. The van der Waals surface area contributed by atoms with Crippen LogP contribution >= 0.6 is 0 Å². The normalized spacial score (nSPS) is 10.5. The number of carbonyl (C=O) groups is 3. The maximum Gasteiger partial charge on any atom is 0.341 e. The van der Waals surface area contributed by atoms with E-state index >= 15 is 0 Å². The number of aldehydes is 1. The fourth-order valence-corrected chi connectivity index (χ4v) is 3.93. The lowest BCUT2D eigenvalue weighted by molar-refractivity contribution is -0.139. The van der Waals surface area contributed by atoms with E-state index in [-0.39, 0.29) is 18.0 Å². The van der Waals surface area contributed by atoms with Crippen LogP contribution in [0.1, 0.15) is 40.9 Å². The molecule has 0 aliphatic rings. The fourth-order valence-electron chi connectivity index (χ4n) is 3.93. The molecule has 8 heteroatoms. The second-order valence-corrected chi connectivity index (χ2v) is 9.31. The monoisotopic (exact) mass is 596 g/mol. The minimum absolute atomic E-state index is 0.0249. The Hall–Kier alpha value is -5.37. The average Bonchev–Trinajstić information content (AvgIpc) is 3.06. The molecule has 0 saturated heterocycles. The molecule has 0 unspecified atom stereocenters. The molecule has 0 heterocycles. The predicted molar refractivity (Wildman–Crippen MR) is 168 cm³/mol. The smallest absolute Gasteiger partial charge is 0.341 e. The lowest BCUT2D eigenvalue weighted by Gasteiger charge is -2.11. The Morgan fingerprint density at radius 2 is 1.16 bits per heavy atom. The van der Waals surface area contributed by atoms with Crippen molar-refractivity contribution in [3.8, 4) is 23.0 Å². The fraction of sp³-hybridized carbons (Fsp3) is 0.194. The van der Waals surface area contributed by atoms with Gasteiger partial charge in [-0.25, -0.2) is 4.79 Å². The maximum absolute atomic E-state index is 11.9. The number of rotatable bonds is 13. The van der Waals surface area contributed by atoms with Crippen molar-refractivity contribution < 1.29 is 38.1 Å². The zero-order valence-electron chi connectivity index (χ0n) is 25.3. The molecule has 0 saturated carbocycles. The van der Waals surface area contributed by atoms with E-state index in [1.165, 1.54) is 27.2 Å². The van der Waals surface area contributed by atoms with Gasteiger partial charge < -0.3 is 23.7 Å². The Morgan fingerprint density at radius 3 is 1.59 bits per heavy atom.